The number of carbonyl (C=O) groups is 1. The molecule has 1 unspecified atom stereocenters. The molecule has 1 aliphatic heterocycles. The normalized spacial score (nSPS) is 17.6. The van der Waals surface area contributed by atoms with Crippen molar-refractivity contribution in [3.63, 3.8) is 0 Å². The summed E-state index contributed by atoms with van der Waals surface area (Å²) in [7, 11) is 0. The van der Waals surface area contributed by atoms with E-state index in [1.807, 2.05) is 43.3 Å². The van der Waals surface area contributed by atoms with Gasteiger partial charge in [-0.2, -0.15) is 14.6 Å². The Hall–Kier alpha value is -2.96. The third-order valence-corrected chi connectivity index (χ3v) is 4.52. The number of rotatable bonds is 3. The molecule has 4 rings (SSSR count). The van der Waals surface area contributed by atoms with Gasteiger partial charge < -0.3 is 10.2 Å². The lowest BCUT2D eigenvalue weighted by molar-refractivity contribution is -0.120. The van der Waals surface area contributed by atoms with Gasteiger partial charge in [0.2, 0.25) is 5.91 Å². The molecule has 1 aromatic carbocycles. The third kappa shape index (κ3) is 3.17. The molecule has 0 bridgehead atoms. The molecule has 2 aromatic heterocycles. The first-order chi connectivity index (χ1) is 12.2. The maximum Gasteiger partial charge on any atom is 0.254 e. The standard InChI is InChI=1S/C18H20N6O/c1-13-10-16(24-18(21-13)19-12-20-24)23-9-5-6-14(11-23)17(25)22-15-7-3-2-4-8-15/h2-4,7-8,10,12,14H,5-6,9,11H2,1H3,(H,22,25). The van der Waals surface area contributed by atoms with Gasteiger partial charge in [-0.3, -0.25) is 4.79 Å². The van der Waals surface area contributed by atoms with Crippen LogP contribution in [0.1, 0.15) is 18.5 Å². The van der Waals surface area contributed by atoms with E-state index in [0.29, 0.717) is 12.3 Å². The fourth-order valence-electron chi connectivity index (χ4n) is 3.30. The number of hydrogen-bond acceptors (Lipinski definition) is 5. The minimum absolute atomic E-state index is 0.0546. The number of hydrogen-bond donors (Lipinski definition) is 1. The van der Waals surface area contributed by atoms with Crippen molar-refractivity contribution >= 4 is 23.2 Å². The summed E-state index contributed by atoms with van der Waals surface area (Å²) >= 11 is 0. The van der Waals surface area contributed by atoms with Crippen molar-refractivity contribution in [3.8, 4) is 0 Å². The second kappa shape index (κ2) is 6.51. The van der Waals surface area contributed by atoms with Crippen molar-refractivity contribution < 1.29 is 4.79 Å². The van der Waals surface area contributed by atoms with Gasteiger partial charge in [-0.1, -0.05) is 18.2 Å². The molecule has 3 aromatic rings. The molecule has 1 saturated heterocycles. The topological polar surface area (TPSA) is 75.4 Å². The molecular formula is C18H20N6O. The Morgan fingerprint density at radius 2 is 2.12 bits per heavy atom. The Labute approximate surface area is 145 Å². The van der Waals surface area contributed by atoms with Crippen LogP contribution in [0.15, 0.2) is 42.7 Å². The van der Waals surface area contributed by atoms with Crippen LogP contribution in [0, 0.1) is 12.8 Å². The van der Waals surface area contributed by atoms with Crippen LogP contribution in [0.2, 0.25) is 0 Å². The van der Waals surface area contributed by atoms with Crippen LogP contribution in [0.4, 0.5) is 11.5 Å². The van der Waals surface area contributed by atoms with E-state index in [1.165, 1.54) is 6.33 Å². The maximum atomic E-state index is 12.6. The number of aryl methyl sites for hydroxylation is 1. The smallest absolute Gasteiger partial charge is 0.254 e. The van der Waals surface area contributed by atoms with E-state index in [1.54, 1.807) is 4.52 Å². The minimum atomic E-state index is -0.0546. The Bertz CT molecular complexity index is 891. The monoisotopic (exact) mass is 336 g/mol. The second-order valence-electron chi connectivity index (χ2n) is 6.37. The average molecular weight is 336 g/mol. The van der Waals surface area contributed by atoms with Gasteiger partial charge in [0.25, 0.3) is 5.78 Å². The molecule has 1 aliphatic rings. The Morgan fingerprint density at radius 1 is 1.28 bits per heavy atom. The highest BCUT2D eigenvalue weighted by Gasteiger charge is 2.27. The largest absolute Gasteiger partial charge is 0.356 e. The fourth-order valence-corrected chi connectivity index (χ4v) is 3.30. The lowest BCUT2D eigenvalue weighted by atomic mass is 9.97. The summed E-state index contributed by atoms with van der Waals surface area (Å²) < 4.78 is 1.74. The lowest BCUT2D eigenvalue weighted by Gasteiger charge is -2.33. The van der Waals surface area contributed by atoms with E-state index in [2.05, 4.69) is 25.3 Å². The lowest BCUT2D eigenvalue weighted by Crippen LogP contribution is -2.41. The quantitative estimate of drug-likeness (QED) is 0.794. The van der Waals surface area contributed by atoms with Crippen molar-refractivity contribution in [2.24, 2.45) is 5.92 Å². The molecule has 0 spiro atoms. The SMILES string of the molecule is Cc1cc(N2CCCC(C(=O)Nc3ccccc3)C2)n2ncnc2n1. The summed E-state index contributed by atoms with van der Waals surface area (Å²) in [5.41, 5.74) is 1.73. The predicted molar refractivity (Wildman–Crippen MR) is 95.5 cm³/mol. The van der Waals surface area contributed by atoms with Crippen LogP contribution in [-0.2, 0) is 4.79 Å². The summed E-state index contributed by atoms with van der Waals surface area (Å²) in [5.74, 6) is 1.54. The first-order valence-corrected chi connectivity index (χ1v) is 8.49. The molecule has 1 N–H and O–H groups in total. The van der Waals surface area contributed by atoms with Gasteiger partial charge in [0.05, 0.1) is 5.92 Å². The third-order valence-electron chi connectivity index (χ3n) is 4.52. The first-order valence-electron chi connectivity index (χ1n) is 8.49. The first kappa shape index (κ1) is 15.6. The average Bonchev–Trinajstić information content (AvgIpc) is 3.10. The van der Waals surface area contributed by atoms with Gasteiger partial charge in [-0.15, -0.1) is 0 Å². The minimum Gasteiger partial charge on any atom is -0.356 e. The van der Waals surface area contributed by atoms with Crippen molar-refractivity contribution in [1.82, 2.24) is 19.6 Å². The zero-order valence-electron chi connectivity index (χ0n) is 14.1. The number of para-hydroxylation sites is 1. The molecule has 0 saturated carbocycles. The van der Waals surface area contributed by atoms with Crippen molar-refractivity contribution in [1.29, 1.82) is 0 Å². The molecule has 7 heteroatoms. The molecule has 7 nitrogen and oxygen atoms in total. The van der Waals surface area contributed by atoms with Gasteiger partial charge in [0.1, 0.15) is 12.1 Å². The maximum absolute atomic E-state index is 12.6. The summed E-state index contributed by atoms with van der Waals surface area (Å²) in [5, 5.41) is 7.29. The Morgan fingerprint density at radius 3 is 2.96 bits per heavy atom. The van der Waals surface area contributed by atoms with Crippen molar-refractivity contribution in [2.75, 3.05) is 23.3 Å². The number of benzene rings is 1. The van der Waals surface area contributed by atoms with Crippen LogP contribution in [0.5, 0.6) is 0 Å². The van der Waals surface area contributed by atoms with Crippen LogP contribution in [0.25, 0.3) is 5.78 Å². The molecule has 1 atom stereocenters. The highest BCUT2D eigenvalue weighted by atomic mass is 16.1. The van der Waals surface area contributed by atoms with Gasteiger partial charge >= 0.3 is 0 Å². The number of nitrogens with zero attached hydrogens (tertiary/aromatic N) is 5. The van der Waals surface area contributed by atoms with E-state index in [-0.39, 0.29) is 11.8 Å². The van der Waals surface area contributed by atoms with Crippen LogP contribution >= 0.6 is 0 Å². The molecule has 3 heterocycles. The predicted octanol–water partition coefficient (Wildman–Crippen LogP) is 2.29. The van der Waals surface area contributed by atoms with Gasteiger partial charge in [-0.05, 0) is 31.9 Å². The summed E-state index contributed by atoms with van der Waals surface area (Å²) in [6.07, 6.45) is 3.36. The number of nitrogens with one attached hydrogen (secondary N) is 1. The highest BCUT2D eigenvalue weighted by molar-refractivity contribution is 5.93. The number of piperidine rings is 1. The molecule has 25 heavy (non-hydrogen) atoms. The number of carbonyl (C=O) groups excluding carboxylic acids is 1. The molecule has 128 valence electrons. The van der Waals surface area contributed by atoms with Crippen LogP contribution < -0.4 is 10.2 Å². The second-order valence-corrected chi connectivity index (χ2v) is 6.37. The number of amides is 1. The molecule has 1 amide bonds. The van der Waals surface area contributed by atoms with Crippen molar-refractivity contribution in [2.45, 2.75) is 19.8 Å². The Kier molecular flexibility index (Phi) is 4.05. The molecular weight excluding hydrogens is 316 g/mol. The van der Waals surface area contributed by atoms with Gasteiger partial charge in [0, 0.05) is 30.5 Å². The van der Waals surface area contributed by atoms with E-state index in [0.717, 1.165) is 36.6 Å². The summed E-state index contributed by atoms with van der Waals surface area (Å²) in [4.78, 5) is 23.4. The Balaban J connectivity index is 1.54. The zero-order valence-corrected chi connectivity index (χ0v) is 14.1. The van der Waals surface area contributed by atoms with Crippen LogP contribution in [0.3, 0.4) is 0 Å². The summed E-state index contributed by atoms with van der Waals surface area (Å²) in [6.45, 7) is 3.51. The van der Waals surface area contributed by atoms with Crippen molar-refractivity contribution in [3.05, 3.63) is 48.4 Å². The summed E-state index contributed by atoms with van der Waals surface area (Å²) in [6, 6.07) is 11.6. The van der Waals surface area contributed by atoms with E-state index >= 15 is 0 Å². The number of aromatic nitrogens is 4. The highest BCUT2D eigenvalue weighted by Crippen LogP contribution is 2.24. The van der Waals surface area contributed by atoms with E-state index in [4.69, 9.17) is 0 Å². The van der Waals surface area contributed by atoms with E-state index < -0.39 is 0 Å². The van der Waals surface area contributed by atoms with Gasteiger partial charge in [-0.25, -0.2) is 4.98 Å². The van der Waals surface area contributed by atoms with Gasteiger partial charge in [0.15, 0.2) is 0 Å². The number of fused-ring (bicyclic) bond motifs is 1. The fraction of sp³-hybridized carbons (Fsp3) is 0.333. The molecule has 0 radical (unpaired) electrons. The van der Waals surface area contributed by atoms with Crippen LogP contribution in [-0.4, -0.2) is 38.6 Å². The van der Waals surface area contributed by atoms with E-state index in [9.17, 15) is 4.79 Å². The zero-order chi connectivity index (χ0) is 17.2. The molecule has 1 fully saturated rings. The number of anilines is 2. The molecule has 0 aliphatic carbocycles.